The number of benzene rings is 9. The highest BCUT2D eigenvalue weighted by Crippen LogP contribution is 2.52. The highest BCUT2D eigenvalue weighted by molar-refractivity contribution is 7.99. The first kappa shape index (κ1) is 31.7. The quantitative estimate of drug-likeness (QED) is 0.175. The number of anilines is 3. The Labute approximate surface area is 324 Å². The third-order valence-electron chi connectivity index (χ3n) is 10.9. The molecule has 0 amide bonds. The molecule has 258 valence electrons. The van der Waals surface area contributed by atoms with Gasteiger partial charge in [0.25, 0.3) is 0 Å². The van der Waals surface area contributed by atoms with Crippen LogP contribution in [0.2, 0.25) is 0 Å². The summed E-state index contributed by atoms with van der Waals surface area (Å²) in [5, 5.41) is 4.98. The summed E-state index contributed by atoms with van der Waals surface area (Å²) in [6.07, 6.45) is 0. The molecule has 0 radical (unpaired) electrons. The molecule has 0 bridgehead atoms. The molecule has 1 aliphatic heterocycles. The first-order chi connectivity index (χ1) is 27.2. The molecule has 1 aliphatic rings. The molecule has 0 atom stereocenters. The second-order valence-corrected chi connectivity index (χ2v) is 15.3. The van der Waals surface area contributed by atoms with E-state index >= 15 is 0 Å². The maximum absolute atomic E-state index is 2.44. The molecule has 0 saturated heterocycles. The highest BCUT2D eigenvalue weighted by atomic mass is 32.2. The number of fused-ring (bicyclic) bond motifs is 6. The molecule has 0 spiro atoms. The molecule has 0 unspecified atom stereocenters. The summed E-state index contributed by atoms with van der Waals surface area (Å²) < 4.78 is 2.44. The van der Waals surface area contributed by atoms with Crippen molar-refractivity contribution in [2.75, 3.05) is 4.90 Å². The molecule has 2 heterocycles. The van der Waals surface area contributed by atoms with E-state index in [1.54, 1.807) is 0 Å². The van der Waals surface area contributed by atoms with Crippen molar-refractivity contribution in [3.8, 4) is 39.1 Å². The van der Waals surface area contributed by atoms with E-state index in [9.17, 15) is 0 Å². The van der Waals surface area contributed by atoms with Crippen LogP contribution in [0.5, 0.6) is 0 Å². The predicted octanol–water partition coefficient (Wildman–Crippen LogP) is 14.9. The zero-order valence-corrected chi connectivity index (χ0v) is 30.7. The van der Waals surface area contributed by atoms with Crippen molar-refractivity contribution in [2.45, 2.75) is 9.79 Å². The van der Waals surface area contributed by atoms with E-state index in [4.69, 9.17) is 0 Å². The maximum Gasteiger partial charge on any atom is 0.0602 e. The lowest BCUT2D eigenvalue weighted by Gasteiger charge is -2.33. The van der Waals surface area contributed by atoms with Crippen molar-refractivity contribution < 1.29 is 0 Å². The van der Waals surface area contributed by atoms with Gasteiger partial charge in [-0.2, -0.15) is 0 Å². The van der Waals surface area contributed by atoms with Gasteiger partial charge in [-0.15, -0.1) is 0 Å². The Morgan fingerprint density at radius 3 is 1.73 bits per heavy atom. The number of hydrogen-bond donors (Lipinski definition) is 0. The predicted molar refractivity (Wildman–Crippen MR) is 233 cm³/mol. The van der Waals surface area contributed by atoms with Crippen molar-refractivity contribution in [1.29, 1.82) is 0 Å². The van der Waals surface area contributed by atoms with E-state index in [0.29, 0.717) is 0 Å². The molecule has 9 aromatic carbocycles. The van der Waals surface area contributed by atoms with E-state index in [1.807, 2.05) is 11.8 Å². The van der Waals surface area contributed by atoms with Gasteiger partial charge < -0.3 is 9.47 Å². The van der Waals surface area contributed by atoms with E-state index in [0.717, 1.165) is 5.69 Å². The SMILES string of the molecule is c1ccc(-c2cc(-c3ccccc3)cc(-n3c4ccccc4c4cc(-c5ccc6c(c5)Sc5ccccc5N6c5ccc6ccccc6c5)ccc43)c2)cc1. The summed E-state index contributed by atoms with van der Waals surface area (Å²) >= 11 is 1.85. The molecule has 11 rings (SSSR count). The Hall–Kier alpha value is -6.81. The first-order valence-corrected chi connectivity index (χ1v) is 19.6. The molecule has 0 fully saturated rings. The minimum Gasteiger partial charge on any atom is -0.309 e. The summed E-state index contributed by atoms with van der Waals surface area (Å²) in [5.74, 6) is 0. The van der Waals surface area contributed by atoms with E-state index in [1.165, 1.54) is 92.8 Å². The van der Waals surface area contributed by atoms with Crippen LogP contribution in [0.25, 0.3) is 71.6 Å². The molecule has 0 saturated carbocycles. The summed E-state index contributed by atoms with van der Waals surface area (Å²) in [5.41, 5.74) is 14.3. The molecule has 0 N–H and O–H groups in total. The number of para-hydroxylation sites is 2. The van der Waals surface area contributed by atoms with Gasteiger partial charge in [-0.05, 0) is 117 Å². The van der Waals surface area contributed by atoms with Gasteiger partial charge in [-0.1, -0.05) is 145 Å². The minimum atomic E-state index is 1.15. The number of aromatic nitrogens is 1. The third kappa shape index (κ3) is 5.43. The lowest BCUT2D eigenvalue weighted by atomic mass is 9.98. The minimum absolute atomic E-state index is 1.15. The molecule has 3 heteroatoms. The summed E-state index contributed by atoms with van der Waals surface area (Å²) in [6.45, 7) is 0. The lowest BCUT2D eigenvalue weighted by Crippen LogP contribution is -2.14. The molecule has 2 nitrogen and oxygen atoms in total. The second-order valence-electron chi connectivity index (χ2n) is 14.2. The Balaban J connectivity index is 1.05. The largest absolute Gasteiger partial charge is 0.309 e. The van der Waals surface area contributed by atoms with Crippen molar-refractivity contribution in [1.82, 2.24) is 4.57 Å². The van der Waals surface area contributed by atoms with Gasteiger partial charge in [0.1, 0.15) is 0 Å². The molecule has 55 heavy (non-hydrogen) atoms. The average molecular weight is 719 g/mol. The van der Waals surface area contributed by atoms with Crippen LogP contribution >= 0.6 is 11.8 Å². The Morgan fingerprint density at radius 2 is 0.927 bits per heavy atom. The Kier molecular flexibility index (Phi) is 7.46. The van der Waals surface area contributed by atoms with Gasteiger partial charge in [-0.3, -0.25) is 0 Å². The third-order valence-corrected chi connectivity index (χ3v) is 12.0. The molecule has 0 aliphatic carbocycles. The normalized spacial score (nSPS) is 12.3. The first-order valence-electron chi connectivity index (χ1n) is 18.7. The average Bonchev–Trinajstić information content (AvgIpc) is 3.59. The van der Waals surface area contributed by atoms with Crippen molar-refractivity contribution in [2.24, 2.45) is 0 Å². The van der Waals surface area contributed by atoms with Crippen LogP contribution in [0.3, 0.4) is 0 Å². The van der Waals surface area contributed by atoms with Crippen molar-refractivity contribution in [3.63, 3.8) is 0 Å². The fourth-order valence-corrected chi connectivity index (χ4v) is 9.39. The van der Waals surface area contributed by atoms with Crippen LogP contribution in [0.4, 0.5) is 17.1 Å². The highest BCUT2D eigenvalue weighted by Gasteiger charge is 2.25. The van der Waals surface area contributed by atoms with Crippen molar-refractivity contribution >= 4 is 61.4 Å². The van der Waals surface area contributed by atoms with Crippen LogP contribution in [-0.4, -0.2) is 4.57 Å². The summed E-state index contributed by atoms with van der Waals surface area (Å²) in [4.78, 5) is 4.92. The summed E-state index contributed by atoms with van der Waals surface area (Å²) in [6, 6.07) is 75.3. The fraction of sp³-hybridized carbons (Fsp3) is 0. The van der Waals surface area contributed by atoms with Gasteiger partial charge in [-0.25, -0.2) is 0 Å². The molecule has 10 aromatic rings. The van der Waals surface area contributed by atoms with E-state index in [-0.39, 0.29) is 0 Å². The second kappa shape index (κ2) is 12.9. The number of rotatable bonds is 5. The van der Waals surface area contributed by atoms with Gasteiger partial charge in [0.2, 0.25) is 0 Å². The molecular weight excluding hydrogens is 685 g/mol. The Morgan fingerprint density at radius 1 is 0.309 bits per heavy atom. The standard InChI is InChI=1S/C52H34N2S/c1-3-13-35(14-4-1)41-29-42(36-15-5-2-6-16-36)32-44(31-41)54-47-20-10-9-19-45(47)46-33-39(24-27-48(46)54)40-25-28-50-52(34-40)55-51-22-12-11-21-49(51)53(50)43-26-23-37-17-7-8-18-38(37)30-43/h1-34H. The number of hydrogen-bond acceptors (Lipinski definition) is 2. The van der Waals surface area contributed by atoms with Crippen LogP contribution in [0, 0.1) is 0 Å². The topological polar surface area (TPSA) is 8.17 Å². The zero-order chi connectivity index (χ0) is 36.3. The van der Waals surface area contributed by atoms with Gasteiger partial charge in [0.05, 0.1) is 22.4 Å². The van der Waals surface area contributed by atoms with Crippen LogP contribution in [-0.2, 0) is 0 Å². The summed E-state index contributed by atoms with van der Waals surface area (Å²) in [7, 11) is 0. The van der Waals surface area contributed by atoms with Crippen LogP contribution in [0.1, 0.15) is 0 Å². The Bertz CT molecular complexity index is 3010. The lowest BCUT2D eigenvalue weighted by molar-refractivity contribution is 1.17. The van der Waals surface area contributed by atoms with Gasteiger partial charge in [0, 0.05) is 31.9 Å². The smallest absolute Gasteiger partial charge is 0.0602 e. The van der Waals surface area contributed by atoms with E-state index < -0.39 is 0 Å². The zero-order valence-electron chi connectivity index (χ0n) is 29.9. The number of nitrogens with zero attached hydrogens (tertiary/aromatic N) is 2. The fourth-order valence-electron chi connectivity index (χ4n) is 8.30. The molecular formula is C52H34N2S. The van der Waals surface area contributed by atoms with Gasteiger partial charge >= 0.3 is 0 Å². The maximum atomic E-state index is 2.44. The monoisotopic (exact) mass is 718 g/mol. The molecule has 1 aromatic heterocycles. The van der Waals surface area contributed by atoms with Gasteiger partial charge in [0.15, 0.2) is 0 Å². The van der Waals surface area contributed by atoms with Crippen molar-refractivity contribution in [3.05, 3.63) is 206 Å². The van der Waals surface area contributed by atoms with E-state index in [2.05, 4.69) is 216 Å². The van der Waals surface area contributed by atoms with Crippen LogP contribution < -0.4 is 4.90 Å². The van der Waals surface area contributed by atoms with Crippen LogP contribution in [0.15, 0.2) is 216 Å².